The van der Waals surface area contributed by atoms with Gasteiger partial charge >= 0.3 is 0 Å². The maximum absolute atomic E-state index is 13.1. The smallest absolute Gasteiger partial charge is 0.246 e. The first-order valence-corrected chi connectivity index (χ1v) is 16.3. The molecule has 14 nitrogen and oxygen atoms in total. The Kier molecular flexibility index (Phi) is 12.5. The molecule has 0 saturated carbocycles. The van der Waals surface area contributed by atoms with Crippen LogP contribution in [0.5, 0.6) is 11.5 Å². The molecule has 0 radical (unpaired) electrons. The topological polar surface area (TPSA) is 256 Å². The van der Waals surface area contributed by atoms with Crippen molar-refractivity contribution in [2.24, 2.45) is 38.7 Å². The lowest BCUT2D eigenvalue weighted by Gasteiger charge is -2.20. The van der Waals surface area contributed by atoms with E-state index >= 15 is 0 Å². The standard InChI is InChI=1S/C27H39N9O5S2/c28-22(3-1-13-33-26(29)30)24(37)36-23(4-2-14-34-27(31)32)25(38)35-17-5-7-18(8-6-17)41-19-9-11-21(12-10-19)43(39,40)16-20-15-42-20/h5-12,20,22-23H,1-4,13-16,28H2,(H,35,38)(H,36,37)(H4,29,30,33)(H4,31,32,34)/t20?,22-,23-/m0/s1. The van der Waals surface area contributed by atoms with Crippen LogP contribution in [0.1, 0.15) is 25.7 Å². The molecule has 0 aliphatic carbocycles. The number of nitrogens with two attached hydrogens (primary N) is 5. The number of rotatable bonds is 17. The van der Waals surface area contributed by atoms with E-state index in [9.17, 15) is 18.0 Å². The Morgan fingerprint density at radius 2 is 1.42 bits per heavy atom. The van der Waals surface area contributed by atoms with Gasteiger partial charge in [-0.3, -0.25) is 19.6 Å². The number of ether oxygens (including phenoxy) is 1. The van der Waals surface area contributed by atoms with Crippen molar-refractivity contribution in [3.8, 4) is 11.5 Å². The van der Waals surface area contributed by atoms with E-state index in [4.69, 9.17) is 33.4 Å². The molecule has 2 aromatic rings. The second-order valence-electron chi connectivity index (χ2n) is 9.89. The first kappa shape index (κ1) is 33.5. The predicted octanol–water partition coefficient (Wildman–Crippen LogP) is 0.226. The molecule has 1 heterocycles. The minimum absolute atomic E-state index is 0.0415. The van der Waals surface area contributed by atoms with Crippen LogP contribution in [-0.2, 0) is 19.4 Å². The predicted molar refractivity (Wildman–Crippen MR) is 170 cm³/mol. The Morgan fingerprint density at radius 1 is 0.884 bits per heavy atom. The van der Waals surface area contributed by atoms with Crippen LogP contribution >= 0.6 is 11.8 Å². The van der Waals surface area contributed by atoms with Crippen LogP contribution in [0, 0.1) is 0 Å². The lowest BCUT2D eigenvalue weighted by atomic mass is 10.1. The lowest BCUT2D eigenvalue weighted by Crippen LogP contribution is -2.50. The third-order valence-corrected chi connectivity index (χ3v) is 9.24. The van der Waals surface area contributed by atoms with E-state index in [1.54, 1.807) is 48.2 Å². The van der Waals surface area contributed by atoms with E-state index in [0.29, 0.717) is 43.0 Å². The molecule has 0 bridgehead atoms. The Labute approximate surface area is 255 Å². The largest absolute Gasteiger partial charge is 0.457 e. The molecule has 2 amide bonds. The Bertz CT molecular complexity index is 1390. The second-order valence-corrected chi connectivity index (χ2v) is 13.3. The molecule has 16 heteroatoms. The third kappa shape index (κ3) is 12.0. The Hall–Kier alpha value is -4.02. The Morgan fingerprint density at radius 3 is 1.95 bits per heavy atom. The molecule has 12 N–H and O–H groups in total. The fourth-order valence-corrected chi connectivity index (χ4v) is 6.57. The minimum atomic E-state index is -3.32. The number of anilines is 1. The summed E-state index contributed by atoms with van der Waals surface area (Å²) in [5.74, 6) is 0.930. The fourth-order valence-electron chi connectivity index (χ4n) is 3.89. The number of carbonyl (C=O) groups excluding carboxylic acids is 2. The van der Waals surface area contributed by atoms with E-state index in [0.717, 1.165) is 5.75 Å². The van der Waals surface area contributed by atoms with Gasteiger partial charge in [-0.1, -0.05) is 0 Å². The van der Waals surface area contributed by atoms with Gasteiger partial charge in [-0.05, 0) is 74.2 Å². The number of amides is 2. The number of benzene rings is 2. The van der Waals surface area contributed by atoms with Crippen molar-refractivity contribution in [1.29, 1.82) is 0 Å². The van der Waals surface area contributed by atoms with Gasteiger partial charge in [0.2, 0.25) is 11.8 Å². The first-order chi connectivity index (χ1) is 20.4. The van der Waals surface area contributed by atoms with Gasteiger partial charge in [0.05, 0.1) is 16.7 Å². The monoisotopic (exact) mass is 633 g/mol. The average molecular weight is 634 g/mol. The Balaban J connectivity index is 1.57. The lowest BCUT2D eigenvalue weighted by molar-refractivity contribution is -0.127. The summed E-state index contributed by atoms with van der Waals surface area (Å²) in [5, 5.41) is 5.68. The zero-order valence-corrected chi connectivity index (χ0v) is 25.3. The molecule has 43 heavy (non-hydrogen) atoms. The summed E-state index contributed by atoms with van der Waals surface area (Å²) in [7, 11) is -3.32. The highest BCUT2D eigenvalue weighted by Gasteiger charge is 2.30. The van der Waals surface area contributed by atoms with Crippen LogP contribution < -0.4 is 44.0 Å². The summed E-state index contributed by atoms with van der Waals surface area (Å²) in [6.45, 7) is 0.615. The number of sulfone groups is 1. The molecule has 3 rings (SSSR count). The van der Waals surface area contributed by atoms with E-state index in [1.165, 1.54) is 12.1 Å². The van der Waals surface area contributed by atoms with Crippen molar-refractivity contribution < 1.29 is 22.7 Å². The molecule has 1 aliphatic heterocycles. The van der Waals surface area contributed by atoms with E-state index in [2.05, 4.69) is 20.6 Å². The van der Waals surface area contributed by atoms with Crippen LogP contribution in [0.3, 0.4) is 0 Å². The van der Waals surface area contributed by atoms with Crippen molar-refractivity contribution in [2.45, 2.75) is 47.9 Å². The maximum Gasteiger partial charge on any atom is 0.246 e. The van der Waals surface area contributed by atoms with Gasteiger partial charge in [0.15, 0.2) is 21.8 Å². The third-order valence-electron chi connectivity index (χ3n) is 6.23. The summed E-state index contributed by atoms with van der Waals surface area (Å²) in [6, 6.07) is 11.1. The summed E-state index contributed by atoms with van der Waals surface area (Å²) in [4.78, 5) is 33.9. The number of hydrogen-bond donors (Lipinski definition) is 7. The molecule has 1 fully saturated rings. The zero-order valence-electron chi connectivity index (χ0n) is 23.6. The average Bonchev–Trinajstić information content (AvgIpc) is 3.77. The van der Waals surface area contributed by atoms with E-state index < -0.39 is 33.7 Å². The van der Waals surface area contributed by atoms with Crippen molar-refractivity contribution in [2.75, 3.05) is 29.9 Å². The molecule has 0 aromatic heterocycles. The van der Waals surface area contributed by atoms with Gasteiger partial charge in [-0.15, -0.1) is 0 Å². The summed E-state index contributed by atoms with van der Waals surface area (Å²) in [6.07, 6.45) is 1.51. The van der Waals surface area contributed by atoms with E-state index in [1.807, 2.05) is 0 Å². The normalized spacial score (nSPS) is 15.4. The van der Waals surface area contributed by atoms with Gasteiger partial charge in [0, 0.05) is 29.8 Å². The van der Waals surface area contributed by atoms with Gasteiger partial charge in [0.1, 0.15) is 17.5 Å². The molecule has 0 spiro atoms. The number of guanidine groups is 2. The second kappa shape index (κ2) is 16.0. The van der Waals surface area contributed by atoms with Gasteiger partial charge in [-0.25, -0.2) is 8.42 Å². The van der Waals surface area contributed by atoms with Crippen LogP contribution in [0.25, 0.3) is 0 Å². The van der Waals surface area contributed by atoms with Crippen LogP contribution in [0.2, 0.25) is 0 Å². The zero-order chi connectivity index (χ0) is 31.4. The number of thioether (sulfide) groups is 1. The highest BCUT2D eigenvalue weighted by Crippen LogP contribution is 2.33. The van der Waals surface area contributed by atoms with Crippen molar-refractivity contribution in [1.82, 2.24) is 5.32 Å². The number of hydrogen-bond acceptors (Lipinski definition) is 9. The number of aliphatic imine (C=N–C) groups is 2. The van der Waals surface area contributed by atoms with Gasteiger partial charge < -0.3 is 44.0 Å². The van der Waals surface area contributed by atoms with Crippen molar-refractivity contribution in [3.05, 3.63) is 48.5 Å². The summed E-state index contributed by atoms with van der Waals surface area (Å²) < 4.78 is 30.7. The SMILES string of the molecule is NC(N)=NCCC[C@H](NC(=O)[C@@H](N)CCCN=C(N)N)C(=O)Nc1ccc(Oc2ccc(S(=O)(=O)CC3CS3)cc2)cc1. The van der Waals surface area contributed by atoms with Crippen LogP contribution in [-0.4, -0.2) is 74.1 Å². The van der Waals surface area contributed by atoms with Crippen LogP contribution in [0.15, 0.2) is 63.4 Å². The summed E-state index contributed by atoms with van der Waals surface area (Å²) in [5.41, 5.74) is 27.8. The molecular formula is C27H39N9O5S2. The van der Waals surface area contributed by atoms with Crippen molar-refractivity contribution >= 4 is 51.0 Å². The number of nitrogens with zero attached hydrogens (tertiary/aromatic N) is 2. The highest BCUT2D eigenvalue weighted by molar-refractivity contribution is 8.08. The number of carbonyl (C=O) groups is 2. The molecule has 3 atom stereocenters. The minimum Gasteiger partial charge on any atom is -0.457 e. The quantitative estimate of drug-likeness (QED) is 0.0537. The molecule has 1 unspecified atom stereocenters. The van der Waals surface area contributed by atoms with E-state index in [-0.39, 0.29) is 40.8 Å². The highest BCUT2D eigenvalue weighted by atomic mass is 32.2. The first-order valence-electron chi connectivity index (χ1n) is 13.6. The number of nitrogens with one attached hydrogen (secondary N) is 2. The van der Waals surface area contributed by atoms with Crippen LogP contribution in [0.4, 0.5) is 5.69 Å². The molecule has 1 saturated heterocycles. The van der Waals surface area contributed by atoms with Gasteiger partial charge in [-0.2, -0.15) is 11.8 Å². The fraction of sp³-hybridized carbons (Fsp3) is 0.407. The molecular weight excluding hydrogens is 594 g/mol. The molecule has 1 aliphatic rings. The molecule has 2 aromatic carbocycles. The summed E-state index contributed by atoms with van der Waals surface area (Å²) >= 11 is 1.64. The van der Waals surface area contributed by atoms with Gasteiger partial charge in [0.25, 0.3) is 0 Å². The van der Waals surface area contributed by atoms with Crippen molar-refractivity contribution in [3.63, 3.8) is 0 Å². The maximum atomic E-state index is 13.1. The molecule has 234 valence electrons.